The molecule has 0 amide bonds. The summed E-state index contributed by atoms with van der Waals surface area (Å²) in [6.07, 6.45) is 1.08. The van der Waals surface area contributed by atoms with Crippen LogP contribution in [0.3, 0.4) is 0 Å². The van der Waals surface area contributed by atoms with E-state index in [1.54, 1.807) is 11.3 Å². The molecule has 1 aliphatic heterocycles. The quantitative estimate of drug-likeness (QED) is 0.875. The molecule has 0 radical (unpaired) electrons. The van der Waals surface area contributed by atoms with Crippen LogP contribution >= 0.6 is 11.3 Å². The van der Waals surface area contributed by atoms with Crippen LogP contribution in [0.1, 0.15) is 18.7 Å². The van der Waals surface area contributed by atoms with Crippen molar-refractivity contribution in [2.75, 3.05) is 19.8 Å². The fraction of sp³-hybridized carbons (Fsp3) is 0.667. The summed E-state index contributed by atoms with van der Waals surface area (Å²) in [6, 6.07) is 4.59. The number of hydrogen-bond acceptors (Lipinski definition) is 4. The molecular formula is C12H19NO2S. The molecule has 1 fully saturated rings. The predicted molar refractivity (Wildman–Crippen MR) is 65.8 cm³/mol. The molecule has 0 aliphatic carbocycles. The zero-order valence-electron chi connectivity index (χ0n) is 9.86. The molecule has 90 valence electrons. The van der Waals surface area contributed by atoms with E-state index in [1.165, 1.54) is 4.88 Å². The molecule has 0 aromatic carbocycles. The summed E-state index contributed by atoms with van der Waals surface area (Å²) in [5.74, 6) is -0.411. The Hall–Kier alpha value is -0.420. The lowest BCUT2D eigenvalue weighted by atomic mass is 10.2. The van der Waals surface area contributed by atoms with Crippen molar-refractivity contribution in [3.63, 3.8) is 0 Å². The van der Waals surface area contributed by atoms with Crippen molar-refractivity contribution in [1.29, 1.82) is 0 Å². The first-order valence-electron chi connectivity index (χ1n) is 5.69. The fourth-order valence-electron chi connectivity index (χ4n) is 1.66. The van der Waals surface area contributed by atoms with Crippen LogP contribution < -0.4 is 5.32 Å². The van der Waals surface area contributed by atoms with Gasteiger partial charge in [-0.3, -0.25) is 0 Å². The second kappa shape index (κ2) is 5.27. The molecule has 0 spiro atoms. The van der Waals surface area contributed by atoms with Crippen LogP contribution in [0.25, 0.3) is 0 Å². The highest BCUT2D eigenvalue weighted by Gasteiger charge is 2.27. The highest BCUT2D eigenvalue weighted by molar-refractivity contribution is 7.09. The highest BCUT2D eigenvalue weighted by Crippen LogP contribution is 2.17. The molecule has 4 heteroatoms. The average molecular weight is 241 g/mol. The normalized spacial score (nSPS) is 21.1. The molecule has 1 aliphatic rings. The summed E-state index contributed by atoms with van der Waals surface area (Å²) in [5, 5.41) is 5.57. The zero-order chi connectivity index (χ0) is 11.4. The van der Waals surface area contributed by atoms with Crippen LogP contribution in [0.2, 0.25) is 0 Å². The summed E-state index contributed by atoms with van der Waals surface area (Å²) in [7, 11) is 0. The van der Waals surface area contributed by atoms with E-state index in [0.717, 1.165) is 26.2 Å². The lowest BCUT2D eigenvalue weighted by molar-refractivity contribution is -0.252. The first kappa shape index (κ1) is 12.0. The second-order valence-electron chi connectivity index (χ2n) is 4.50. The van der Waals surface area contributed by atoms with Crippen LogP contribution in [0.5, 0.6) is 0 Å². The molecule has 1 aromatic heterocycles. The van der Waals surface area contributed by atoms with Gasteiger partial charge in [-0.05, 0) is 31.7 Å². The third-order valence-corrected chi connectivity index (χ3v) is 3.58. The van der Waals surface area contributed by atoms with Crippen LogP contribution in [0.4, 0.5) is 0 Å². The van der Waals surface area contributed by atoms with Gasteiger partial charge in [0.1, 0.15) is 0 Å². The smallest absolute Gasteiger partial charge is 0.162 e. The first-order valence-corrected chi connectivity index (χ1v) is 6.57. The number of hydrogen-bond donors (Lipinski definition) is 1. The second-order valence-corrected chi connectivity index (χ2v) is 5.53. The van der Waals surface area contributed by atoms with E-state index in [9.17, 15) is 0 Å². The van der Waals surface area contributed by atoms with Gasteiger partial charge in [0.05, 0.1) is 19.3 Å². The zero-order valence-corrected chi connectivity index (χ0v) is 10.7. The van der Waals surface area contributed by atoms with E-state index in [2.05, 4.69) is 22.8 Å². The van der Waals surface area contributed by atoms with Crippen molar-refractivity contribution in [2.45, 2.75) is 32.1 Å². The van der Waals surface area contributed by atoms with Crippen molar-refractivity contribution in [3.05, 3.63) is 22.4 Å². The molecule has 2 heterocycles. The summed E-state index contributed by atoms with van der Waals surface area (Å²) < 4.78 is 11.2. The van der Waals surface area contributed by atoms with Gasteiger partial charge >= 0.3 is 0 Å². The maximum Gasteiger partial charge on any atom is 0.162 e. The monoisotopic (exact) mass is 241 g/mol. The van der Waals surface area contributed by atoms with Gasteiger partial charge in [0, 0.05) is 11.4 Å². The lowest BCUT2D eigenvalue weighted by Gasteiger charge is -2.35. The van der Waals surface area contributed by atoms with E-state index in [-0.39, 0.29) is 0 Å². The van der Waals surface area contributed by atoms with Gasteiger partial charge in [-0.25, -0.2) is 0 Å². The molecule has 0 atom stereocenters. The van der Waals surface area contributed by atoms with Gasteiger partial charge in [-0.15, -0.1) is 11.3 Å². The van der Waals surface area contributed by atoms with Crippen molar-refractivity contribution in [1.82, 2.24) is 5.32 Å². The van der Waals surface area contributed by atoms with Gasteiger partial charge in [0.15, 0.2) is 5.79 Å². The number of nitrogens with one attached hydrogen (secondary N) is 1. The highest BCUT2D eigenvalue weighted by atomic mass is 32.1. The predicted octanol–water partition coefficient (Wildman–Crippen LogP) is 2.03. The molecule has 1 N–H and O–H groups in total. The average Bonchev–Trinajstić information content (AvgIpc) is 2.73. The van der Waals surface area contributed by atoms with Gasteiger partial charge in [0.2, 0.25) is 0 Å². The molecule has 0 unspecified atom stereocenters. The minimum Gasteiger partial charge on any atom is -0.349 e. The van der Waals surface area contributed by atoms with E-state index < -0.39 is 5.79 Å². The van der Waals surface area contributed by atoms with E-state index in [1.807, 2.05) is 13.8 Å². The molecule has 1 aromatic rings. The first-order chi connectivity index (χ1) is 7.66. The molecule has 2 rings (SSSR count). The summed E-state index contributed by atoms with van der Waals surface area (Å²) in [4.78, 5) is 1.42. The van der Waals surface area contributed by atoms with Crippen LogP contribution in [0, 0.1) is 0 Å². The van der Waals surface area contributed by atoms with Crippen LogP contribution in [-0.2, 0) is 15.9 Å². The third kappa shape index (κ3) is 3.56. The minimum absolute atomic E-state index is 0.327. The van der Waals surface area contributed by atoms with E-state index >= 15 is 0 Å². The van der Waals surface area contributed by atoms with Crippen molar-refractivity contribution in [3.8, 4) is 0 Å². The number of thiophene rings is 1. The SMILES string of the molecule is CC1(C)OCC(NCCc2cccs2)CO1. The molecule has 0 bridgehead atoms. The molecule has 16 heavy (non-hydrogen) atoms. The minimum atomic E-state index is -0.411. The van der Waals surface area contributed by atoms with Gasteiger partial charge in [0.25, 0.3) is 0 Å². The maximum atomic E-state index is 5.58. The van der Waals surface area contributed by atoms with Gasteiger partial charge in [-0.2, -0.15) is 0 Å². The number of ether oxygens (including phenoxy) is 2. The van der Waals surface area contributed by atoms with Crippen LogP contribution in [0.15, 0.2) is 17.5 Å². The molecule has 1 saturated heterocycles. The summed E-state index contributed by atoms with van der Waals surface area (Å²) >= 11 is 1.81. The molecule has 3 nitrogen and oxygen atoms in total. The van der Waals surface area contributed by atoms with E-state index in [4.69, 9.17) is 9.47 Å². The van der Waals surface area contributed by atoms with Crippen LogP contribution in [-0.4, -0.2) is 31.6 Å². The standard InChI is InChI=1S/C12H19NO2S/c1-12(2)14-8-10(9-15-12)13-6-5-11-4-3-7-16-11/h3-4,7,10,13H,5-6,8-9H2,1-2H3. The maximum absolute atomic E-state index is 5.58. The molecular weight excluding hydrogens is 222 g/mol. The third-order valence-electron chi connectivity index (χ3n) is 2.65. The Labute approximate surface area is 101 Å². The Morgan fingerprint density at radius 3 is 2.81 bits per heavy atom. The van der Waals surface area contributed by atoms with Crippen molar-refractivity contribution < 1.29 is 9.47 Å². The van der Waals surface area contributed by atoms with Gasteiger partial charge in [-0.1, -0.05) is 6.07 Å². The number of rotatable bonds is 4. The van der Waals surface area contributed by atoms with Gasteiger partial charge < -0.3 is 14.8 Å². The Morgan fingerprint density at radius 1 is 1.44 bits per heavy atom. The molecule has 0 saturated carbocycles. The Morgan fingerprint density at radius 2 is 2.19 bits per heavy atom. The Bertz CT molecular complexity index is 301. The largest absolute Gasteiger partial charge is 0.349 e. The summed E-state index contributed by atoms with van der Waals surface area (Å²) in [6.45, 7) is 6.36. The lowest BCUT2D eigenvalue weighted by Crippen LogP contribution is -2.48. The van der Waals surface area contributed by atoms with Crippen molar-refractivity contribution in [2.24, 2.45) is 0 Å². The fourth-order valence-corrected chi connectivity index (χ4v) is 2.37. The van der Waals surface area contributed by atoms with Crippen molar-refractivity contribution >= 4 is 11.3 Å². The Kier molecular flexibility index (Phi) is 3.97. The topological polar surface area (TPSA) is 30.5 Å². The van der Waals surface area contributed by atoms with E-state index in [0.29, 0.717) is 6.04 Å². The summed E-state index contributed by atoms with van der Waals surface area (Å²) in [5.41, 5.74) is 0. The Balaban J connectivity index is 1.64.